The molecule has 0 bridgehead atoms. The van der Waals surface area contributed by atoms with Crippen LogP contribution >= 0.6 is 34.7 Å². The first-order valence-corrected chi connectivity index (χ1v) is 10.3. The number of carbonyl (C=O) groups excluding carboxylic acids is 1. The zero-order valence-corrected chi connectivity index (χ0v) is 16.1. The van der Waals surface area contributed by atoms with Crippen LogP contribution < -0.4 is 4.80 Å². The van der Waals surface area contributed by atoms with Gasteiger partial charge in [-0.3, -0.25) is 4.79 Å². The van der Waals surface area contributed by atoms with E-state index in [4.69, 9.17) is 16.0 Å². The molecule has 0 atom stereocenters. The molecule has 0 N–H and O–H groups in total. The molecule has 1 amide bonds. The van der Waals surface area contributed by atoms with Gasteiger partial charge in [0, 0.05) is 22.5 Å². The lowest BCUT2D eigenvalue weighted by Gasteiger charge is -2.05. The summed E-state index contributed by atoms with van der Waals surface area (Å²) in [5.74, 6) is 1.01. The topological polar surface area (TPSA) is 73.3 Å². The van der Waals surface area contributed by atoms with Crippen molar-refractivity contribution in [1.82, 2.24) is 14.8 Å². The van der Waals surface area contributed by atoms with Crippen LogP contribution in [0.3, 0.4) is 0 Å². The van der Waals surface area contributed by atoms with Crippen LogP contribution in [0.2, 0.25) is 5.02 Å². The van der Waals surface area contributed by atoms with Gasteiger partial charge in [0.1, 0.15) is 0 Å². The maximum Gasteiger partial charge on any atom is 0.277 e. The van der Waals surface area contributed by atoms with E-state index in [0.717, 1.165) is 18.4 Å². The van der Waals surface area contributed by atoms with Gasteiger partial charge in [0.15, 0.2) is 4.80 Å². The maximum absolute atomic E-state index is 12.2. The van der Waals surface area contributed by atoms with E-state index in [1.54, 1.807) is 0 Å². The highest BCUT2D eigenvalue weighted by molar-refractivity contribution is 7.99. The Morgan fingerprint density at radius 2 is 2.23 bits per heavy atom. The number of rotatable bonds is 6. The molecular formula is C17H15ClN4O2S2. The number of thiazole rings is 1. The molecule has 26 heavy (non-hydrogen) atoms. The van der Waals surface area contributed by atoms with E-state index < -0.39 is 0 Å². The van der Waals surface area contributed by atoms with Gasteiger partial charge in [0.2, 0.25) is 5.89 Å². The van der Waals surface area contributed by atoms with Crippen LogP contribution in [-0.4, -0.2) is 26.4 Å². The molecule has 1 aliphatic rings. The fourth-order valence-corrected chi connectivity index (χ4v) is 3.85. The molecule has 0 spiro atoms. The van der Waals surface area contributed by atoms with E-state index in [-0.39, 0.29) is 11.7 Å². The van der Waals surface area contributed by atoms with E-state index in [1.165, 1.54) is 23.1 Å². The van der Waals surface area contributed by atoms with Crippen molar-refractivity contribution in [1.29, 1.82) is 0 Å². The van der Waals surface area contributed by atoms with Crippen LogP contribution in [-0.2, 0) is 11.3 Å². The number of aromatic nitrogens is 3. The summed E-state index contributed by atoms with van der Waals surface area (Å²) in [5.41, 5.74) is 0.981. The highest BCUT2D eigenvalue weighted by atomic mass is 35.5. The second-order valence-electron chi connectivity index (χ2n) is 5.88. The number of carbonyl (C=O) groups is 1. The zero-order valence-electron chi connectivity index (χ0n) is 13.7. The van der Waals surface area contributed by atoms with Crippen molar-refractivity contribution in [3.63, 3.8) is 0 Å². The van der Waals surface area contributed by atoms with Crippen LogP contribution in [0.25, 0.3) is 0 Å². The van der Waals surface area contributed by atoms with E-state index in [9.17, 15) is 4.79 Å². The molecule has 0 saturated heterocycles. The summed E-state index contributed by atoms with van der Waals surface area (Å²) in [6.45, 7) is 0.566. The summed E-state index contributed by atoms with van der Waals surface area (Å²) in [6.07, 6.45) is 4.10. The Kier molecular flexibility index (Phi) is 5.23. The summed E-state index contributed by atoms with van der Waals surface area (Å²) >= 11 is 8.84. The largest absolute Gasteiger partial charge is 0.416 e. The maximum atomic E-state index is 12.2. The number of thioether (sulfide) groups is 1. The summed E-state index contributed by atoms with van der Waals surface area (Å²) in [5, 5.41) is 11.0. The molecule has 1 fully saturated rings. The van der Waals surface area contributed by atoms with Gasteiger partial charge in [0.05, 0.1) is 12.3 Å². The van der Waals surface area contributed by atoms with Crippen LogP contribution in [0.5, 0.6) is 0 Å². The van der Waals surface area contributed by atoms with Gasteiger partial charge >= 0.3 is 0 Å². The monoisotopic (exact) mass is 406 g/mol. The van der Waals surface area contributed by atoms with Crippen LogP contribution in [0.4, 0.5) is 0 Å². The van der Waals surface area contributed by atoms with E-state index in [2.05, 4.69) is 15.2 Å². The molecule has 9 heteroatoms. The Labute approximate surface area is 162 Å². The Hall–Kier alpha value is -1.90. The van der Waals surface area contributed by atoms with Crippen molar-refractivity contribution in [3.8, 4) is 0 Å². The Morgan fingerprint density at radius 1 is 1.38 bits per heavy atom. The fraction of sp³-hybridized carbons (Fsp3) is 0.294. The van der Waals surface area contributed by atoms with Crippen molar-refractivity contribution >= 4 is 40.6 Å². The summed E-state index contributed by atoms with van der Waals surface area (Å²) in [4.78, 5) is 17.0. The van der Waals surface area contributed by atoms with Crippen molar-refractivity contribution < 1.29 is 9.21 Å². The molecule has 0 unspecified atom stereocenters. The predicted molar refractivity (Wildman–Crippen MR) is 100 cm³/mol. The lowest BCUT2D eigenvalue weighted by atomic mass is 10.2. The fourth-order valence-electron chi connectivity index (χ4n) is 2.35. The second-order valence-corrected chi connectivity index (χ2v) is 8.09. The third-order valence-electron chi connectivity index (χ3n) is 3.85. The molecule has 2 aromatic heterocycles. The molecule has 6 nitrogen and oxygen atoms in total. The van der Waals surface area contributed by atoms with Crippen molar-refractivity contribution in [3.05, 3.63) is 57.1 Å². The quantitative estimate of drug-likeness (QED) is 0.583. The molecule has 1 saturated carbocycles. The molecule has 3 aromatic rings. The molecule has 1 aliphatic carbocycles. The Bertz CT molecular complexity index is 990. The average molecular weight is 407 g/mol. The van der Waals surface area contributed by atoms with Gasteiger partial charge in [-0.05, 0) is 24.5 Å². The average Bonchev–Trinajstić information content (AvgIpc) is 3.22. The number of nitrogens with zero attached hydrogens (tertiary/aromatic N) is 4. The summed E-state index contributed by atoms with van der Waals surface area (Å²) in [6, 6.07) is 7.64. The number of amides is 1. The van der Waals surface area contributed by atoms with E-state index in [1.807, 2.05) is 40.4 Å². The summed E-state index contributed by atoms with van der Waals surface area (Å²) in [7, 11) is 0. The van der Waals surface area contributed by atoms with Crippen LogP contribution in [0.15, 0.2) is 50.5 Å². The third kappa shape index (κ3) is 4.25. The molecular weight excluding hydrogens is 392 g/mol. The number of hydrogen-bond acceptors (Lipinski definition) is 6. The SMILES string of the molecule is O=C(CSc1nnc(C2CC2)o1)N=c1sccn1Cc1ccccc1Cl. The molecule has 134 valence electrons. The van der Waals surface area contributed by atoms with Gasteiger partial charge in [0.25, 0.3) is 11.1 Å². The van der Waals surface area contributed by atoms with Crippen molar-refractivity contribution in [2.45, 2.75) is 30.5 Å². The smallest absolute Gasteiger partial charge is 0.277 e. The number of halogens is 1. The Morgan fingerprint density at radius 3 is 3.04 bits per heavy atom. The summed E-state index contributed by atoms with van der Waals surface area (Å²) < 4.78 is 7.45. The molecule has 0 aliphatic heterocycles. The third-order valence-corrected chi connectivity index (χ3v) is 5.81. The number of benzene rings is 1. The van der Waals surface area contributed by atoms with Crippen LogP contribution in [0, 0.1) is 0 Å². The highest BCUT2D eigenvalue weighted by Gasteiger charge is 2.29. The molecule has 0 radical (unpaired) electrons. The first-order chi connectivity index (χ1) is 12.7. The zero-order chi connectivity index (χ0) is 17.9. The van der Waals surface area contributed by atoms with E-state index in [0.29, 0.717) is 33.4 Å². The predicted octanol–water partition coefficient (Wildman–Crippen LogP) is 3.73. The molecule has 2 heterocycles. The minimum atomic E-state index is -0.239. The van der Waals surface area contributed by atoms with Gasteiger partial charge in [-0.1, -0.05) is 41.6 Å². The van der Waals surface area contributed by atoms with Crippen LogP contribution in [0.1, 0.15) is 30.2 Å². The lowest BCUT2D eigenvalue weighted by molar-refractivity contribution is -0.115. The first-order valence-electron chi connectivity index (χ1n) is 8.10. The minimum Gasteiger partial charge on any atom is -0.416 e. The second kappa shape index (κ2) is 7.77. The minimum absolute atomic E-state index is 0.163. The Balaban J connectivity index is 1.41. The van der Waals surface area contributed by atoms with Gasteiger partial charge in [-0.25, -0.2) is 0 Å². The molecule has 1 aromatic carbocycles. The van der Waals surface area contributed by atoms with E-state index >= 15 is 0 Å². The van der Waals surface area contributed by atoms with Gasteiger partial charge in [-0.2, -0.15) is 4.99 Å². The standard InChI is InChI=1S/C17H15ClN4O2S2/c18-13-4-2-1-3-12(13)9-22-7-8-25-16(22)19-14(23)10-26-17-21-20-15(24-17)11-5-6-11/h1-4,7-8,11H,5-6,9-10H2. The van der Waals surface area contributed by atoms with Crippen molar-refractivity contribution in [2.75, 3.05) is 5.75 Å². The highest BCUT2D eigenvalue weighted by Crippen LogP contribution is 2.39. The molecule has 4 rings (SSSR count). The van der Waals surface area contributed by atoms with Gasteiger partial charge in [-0.15, -0.1) is 21.5 Å². The normalized spacial score (nSPS) is 14.7. The first kappa shape index (κ1) is 17.5. The number of hydrogen-bond donors (Lipinski definition) is 0. The van der Waals surface area contributed by atoms with Gasteiger partial charge < -0.3 is 8.98 Å². The van der Waals surface area contributed by atoms with Crippen molar-refractivity contribution in [2.24, 2.45) is 4.99 Å². The lowest BCUT2D eigenvalue weighted by Crippen LogP contribution is -2.17.